The van der Waals surface area contributed by atoms with Gasteiger partial charge in [-0.3, -0.25) is 4.79 Å². The second-order valence-electron chi connectivity index (χ2n) is 2.78. The van der Waals surface area contributed by atoms with Gasteiger partial charge in [0.15, 0.2) is 5.16 Å². The Labute approximate surface area is 91.4 Å². The van der Waals surface area contributed by atoms with Gasteiger partial charge >= 0.3 is 5.97 Å². The summed E-state index contributed by atoms with van der Waals surface area (Å²) in [6.07, 6.45) is 0. The molecule has 1 rings (SSSR count). The average Bonchev–Trinajstić information content (AvgIpc) is 2.14. The lowest BCUT2D eigenvalue weighted by Crippen LogP contribution is -2.15. The van der Waals surface area contributed by atoms with Crippen molar-refractivity contribution in [2.45, 2.75) is 17.3 Å². The second-order valence-corrected chi connectivity index (χ2v) is 4.09. The molecule has 6 nitrogen and oxygen atoms in total. The highest BCUT2D eigenvalue weighted by Crippen LogP contribution is 2.21. The highest BCUT2D eigenvalue weighted by molar-refractivity contribution is 8.00. The van der Waals surface area contributed by atoms with Crippen LogP contribution in [0.3, 0.4) is 0 Å². The lowest BCUT2D eigenvalue weighted by molar-refractivity contribution is -0.139. The SMILES string of the molecule is COC(=O)C(C)Sc1nc(N)cc(N)n1. The van der Waals surface area contributed by atoms with Crippen molar-refractivity contribution in [3.63, 3.8) is 0 Å². The van der Waals surface area contributed by atoms with Crippen molar-refractivity contribution in [3.05, 3.63) is 6.07 Å². The van der Waals surface area contributed by atoms with Gasteiger partial charge in [-0.1, -0.05) is 11.8 Å². The summed E-state index contributed by atoms with van der Waals surface area (Å²) < 4.78 is 4.57. The number of anilines is 2. The van der Waals surface area contributed by atoms with Gasteiger partial charge in [0.05, 0.1) is 7.11 Å². The quantitative estimate of drug-likeness (QED) is 0.435. The van der Waals surface area contributed by atoms with E-state index >= 15 is 0 Å². The van der Waals surface area contributed by atoms with Crippen LogP contribution in [0.15, 0.2) is 11.2 Å². The van der Waals surface area contributed by atoms with Crippen LogP contribution in [0.1, 0.15) is 6.92 Å². The minimum Gasteiger partial charge on any atom is -0.468 e. The minimum absolute atomic E-state index is 0.280. The molecule has 0 aliphatic carbocycles. The molecule has 0 aliphatic rings. The van der Waals surface area contributed by atoms with Crippen molar-refractivity contribution in [2.24, 2.45) is 0 Å². The Bertz CT molecular complexity index is 351. The van der Waals surface area contributed by atoms with E-state index in [1.54, 1.807) is 6.92 Å². The predicted octanol–water partition coefficient (Wildman–Crippen LogP) is 0.295. The summed E-state index contributed by atoms with van der Waals surface area (Å²) in [5.74, 6) is 0.216. The first kappa shape index (κ1) is 11.6. The summed E-state index contributed by atoms with van der Waals surface area (Å²) in [6, 6.07) is 1.45. The van der Waals surface area contributed by atoms with Gasteiger partial charge in [-0.2, -0.15) is 0 Å². The number of carbonyl (C=O) groups excluding carboxylic acids is 1. The lowest BCUT2D eigenvalue weighted by Gasteiger charge is -2.07. The standard InChI is InChI=1S/C8H12N4O2S/c1-4(7(13)14-2)15-8-11-5(9)3-6(10)12-8/h3-4H,1-2H3,(H4,9,10,11,12). The first-order valence-corrected chi connectivity index (χ1v) is 5.05. The fourth-order valence-corrected chi connectivity index (χ4v) is 1.71. The Morgan fingerprint density at radius 3 is 2.47 bits per heavy atom. The fourth-order valence-electron chi connectivity index (χ4n) is 0.887. The van der Waals surface area contributed by atoms with Crippen LogP contribution in [-0.2, 0) is 9.53 Å². The van der Waals surface area contributed by atoms with E-state index in [0.717, 1.165) is 11.8 Å². The number of hydrogen-bond donors (Lipinski definition) is 2. The first-order chi connectivity index (χ1) is 7.02. The Morgan fingerprint density at radius 1 is 1.47 bits per heavy atom. The summed E-state index contributed by atoms with van der Waals surface area (Å²) >= 11 is 1.15. The Balaban J connectivity index is 2.76. The number of nitrogen functional groups attached to an aromatic ring is 2. The van der Waals surface area contributed by atoms with Gasteiger partial charge in [-0.25, -0.2) is 9.97 Å². The van der Waals surface area contributed by atoms with E-state index in [-0.39, 0.29) is 17.6 Å². The normalized spacial score (nSPS) is 12.1. The molecule has 0 aliphatic heterocycles. The summed E-state index contributed by atoms with van der Waals surface area (Å²) in [4.78, 5) is 19.0. The third kappa shape index (κ3) is 3.28. The van der Waals surface area contributed by atoms with Crippen LogP contribution in [0, 0.1) is 0 Å². The minimum atomic E-state index is -0.392. The molecule has 1 unspecified atom stereocenters. The molecular weight excluding hydrogens is 216 g/mol. The smallest absolute Gasteiger partial charge is 0.318 e. The summed E-state index contributed by atoms with van der Waals surface area (Å²) in [5.41, 5.74) is 11.0. The van der Waals surface area contributed by atoms with Crippen molar-refractivity contribution in [2.75, 3.05) is 18.6 Å². The number of ether oxygens (including phenoxy) is 1. The van der Waals surface area contributed by atoms with Gasteiger partial charge in [0, 0.05) is 6.07 Å². The van der Waals surface area contributed by atoms with Crippen LogP contribution in [-0.4, -0.2) is 28.3 Å². The van der Waals surface area contributed by atoms with Crippen LogP contribution < -0.4 is 11.5 Å². The van der Waals surface area contributed by atoms with Gasteiger partial charge in [-0.05, 0) is 6.92 Å². The number of carbonyl (C=O) groups is 1. The number of esters is 1. The molecule has 7 heteroatoms. The van der Waals surface area contributed by atoms with E-state index in [2.05, 4.69) is 14.7 Å². The average molecular weight is 228 g/mol. The molecular formula is C8H12N4O2S. The van der Waals surface area contributed by atoms with Crippen molar-refractivity contribution in [1.82, 2.24) is 9.97 Å². The fraction of sp³-hybridized carbons (Fsp3) is 0.375. The van der Waals surface area contributed by atoms with E-state index in [1.165, 1.54) is 13.2 Å². The van der Waals surface area contributed by atoms with Crippen molar-refractivity contribution in [1.29, 1.82) is 0 Å². The summed E-state index contributed by atoms with van der Waals surface area (Å²) in [5, 5.41) is -0.0263. The molecule has 1 heterocycles. The van der Waals surface area contributed by atoms with Gasteiger partial charge in [-0.15, -0.1) is 0 Å². The van der Waals surface area contributed by atoms with Gasteiger partial charge in [0.1, 0.15) is 16.9 Å². The molecule has 15 heavy (non-hydrogen) atoms. The van der Waals surface area contributed by atoms with Crippen LogP contribution in [0.25, 0.3) is 0 Å². The highest BCUT2D eigenvalue weighted by Gasteiger charge is 2.16. The van der Waals surface area contributed by atoms with E-state index in [0.29, 0.717) is 5.16 Å². The first-order valence-electron chi connectivity index (χ1n) is 4.17. The van der Waals surface area contributed by atoms with Gasteiger partial charge < -0.3 is 16.2 Å². The summed E-state index contributed by atoms with van der Waals surface area (Å²) in [6.45, 7) is 1.69. The Kier molecular flexibility index (Phi) is 3.73. The molecule has 1 atom stereocenters. The molecule has 0 saturated carbocycles. The Hall–Kier alpha value is -1.50. The number of nitrogens with two attached hydrogens (primary N) is 2. The number of aromatic nitrogens is 2. The highest BCUT2D eigenvalue weighted by atomic mass is 32.2. The zero-order chi connectivity index (χ0) is 11.4. The maximum absolute atomic E-state index is 11.1. The van der Waals surface area contributed by atoms with E-state index < -0.39 is 5.25 Å². The van der Waals surface area contributed by atoms with Crippen LogP contribution in [0.2, 0.25) is 0 Å². The van der Waals surface area contributed by atoms with E-state index in [4.69, 9.17) is 11.5 Å². The number of nitrogens with zero attached hydrogens (tertiary/aromatic N) is 2. The number of methoxy groups -OCH3 is 1. The van der Waals surface area contributed by atoms with E-state index in [9.17, 15) is 4.79 Å². The van der Waals surface area contributed by atoms with Crippen molar-refractivity contribution >= 4 is 29.4 Å². The largest absolute Gasteiger partial charge is 0.468 e. The number of thioether (sulfide) groups is 1. The second kappa shape index (κ2) is 4.83. The molecule has 0 aromatic carbocycles. The van der Waals surface area contributed by atoms with Crippen LogP contribution >= 0.6 is 11.8 Å². The molecule has 0 fully saturated rings. The molecule has 0 spiro atoms. The zero-order valence-corrected chi connectivity index (χ0v) is 9.25. The molecule has 0 radical (unpaired) electrons. The maximum atomic E-state index is 11.1. The molecule has 1 aromatic rings. The van der Waals surface area contributed by atoms with Crippen LogP contribution in [0.5, 0.6) is 0 Å². The van der Waals surface area contributed by atoms with Gasteiger partial charge in [0.25, 0.3) is 0 Å². The molecule has 82 valence electrons. The van der Waals surface area contributed by atoms with Crippen molar-refractivity contribution in [3.8, 4) is 0 Å². The zero-order valence-electron chi connectivity index (χ0n) is 8.43. The molecule has 0 amide bonds. The topological polar surface area (TPSA) is 104 Å². The Morgan fingerprint density at radius 2 is 2.00 bits per heavy atom. The third-order valence-corrected chi connectivity index (χ3v) is 2.50. The molecule has 0 bridgehead atoms. The number of hydrogen-bond acceptors (Lipinski definition) is 7. The maximum Gasteiger partial charge on any atom is 0.318 e. The molecule has 4 N–H and O–H groups in total. The van der Waals surface area contributed by atoms with Crippen LogP contribution in [0.4, 0.5) is 11.6 Å². The predicted molar refractivity (Wildman–Crippen MR) is 58.2 cm³/mol. The van der Waals surface area contributed by atoms with Crippen molar-refractivity contribution < 1.29 is 9.53 Å². The summed E-state index contributed by atoms with van der Waals surface area (Å²) in [7, 11) is 1.33. The lowest BCUT2D eigenvalue weighted by atomic mass is 10.5. The monoisotopic (exact) mass is 228 g/mol. The molecule has 1 aromatic heterocycles. The third-order valence-electron chi connectivity index (χ3n) is 1.56. The van der Waals surface area contributed by atoms with E-state index in [1.807, 2.05) is 0 Å². The molecule has 0 saturated heterocycles. The number of rotatable bonds is 3. The van der Waals surface area contributed by atoms with Gasteiger partial charge in [0.2, 0.25) is 0 Å².